The number of alkyl carbamates (subject to hydrolysis) is 1. The number of rotatable bonds is 8. The third-order valence-electron chi connectivity index (χ3n) is 4.03. The number of fused-ring (bicyclic) bond motifs is 1. The van der Waals surface area contributed by atoms with Gasteiger partial charge in [-0.2, -0.15) is 5.26 Å². The van der Waals surface area contributed by atoms with Crippen LogP contribution in [0.4, 0.5) is 4.79 Å². The van der Waals surface area contributed by atoms with Crippen molar-refractivity contribution in [3.63, 3.8) is 0 Å². The van der Waals surface area contributed by atoms with Crippen LogP contribution in [0.5, 0.6) is 0 Å². The number of nitriles is 1. The summed E-state index contributed by atoms with van der Waals surface area (Å²) in [4.78, 5) is 24.5. The molecule has 1 unspecified atom stereocenters. The Kier molecular flexibility index (Phi) is 7.63. The van der Waals surface area contributed by atoms with Gasteiger partial charge in [0, 0.05) is 13.1 Å². The number of amides is 2. The molecule has 1 atom stereocenters. The summed E-state index contributed by atoms with van der Waals surface area (Å²) in [6, 6.07) is 15.7. The molecule has 0 aromatic heterocycles. The van der Waals surface area contributed by atoms with Gasteiger partial charge in [0.1, 0.15) is 0 Å². The first-order valence-corrected chi connectivity index (χ1v) is 9.05. The first-order chi connectivity index (χ1) is 13.0. The van der Waals surface area contributed by atoms with Gasteiger partial charge in [0.15, 0.2) is 0 Å². The minimum atomic E-state index is -0.570. The Hall–Kier alpha value is -3.07. The van der Waals surface area contributed by atoms with Crippen molar-refractivity contribution in [3.05, 3.63) is 48.0 Å². The van der Waals surface area contributed by atoms with Crippen LogP contribution >= 0.6 is 0 Å². The van der Waals surface area contributed by atoms with Crippen molar-refractivity contribution in [2.45, 2.75) is 26.2 Å². The van der Waals surface area contributed by atoms with E-state index in [0.29, 0.717) is 6.61 Å². The van der Waals surface area contributed by atoms with Crippen LogP contribution in [0.25, 0.3) is 10.8 Å². The SMILES string of the molecule is CC(C)COC(=O)NCC(C(=O)NCCC#N)c1ccc2ccccc2c1. The third-order valence-corrected chi connectivity index (χ3v) is 4.03. The lowest BCUT2D eigenvalue weighted by atomic mass is 9.95. The molecule has 0 spiro atoms. The van der Waals surface area contributed by atoms with Crippen molar-refractivity contribution < 1.29 is 14.3 Å². The molecule has 0 aliphatic carbocycles. The average Bonchev–Trinajstić information content (AvgIpc) is 2.66. The Bertz CT molecular complexity index is 827. The second-order valence-corrected chi connectivity index (χ2v) is 6.73. The molecule has 6 nitrogen and oxygen atoms in total. The summed E-state index contributed by atoms with van der Waals surface area (Å²) in [5, 5.41) is 16.2. The number of carbonyl (C=O) groups is 2. The van der Waals surface area contributed by atoms with Crippen LogP contribution < -0.4 is 10.6 Å². The van der Waals surface area contributed by atoms with Gasteiger partial charge in [0.2, 0.25) is 5.91 Å². The zero-order valence-electron chi connectivity index (χ0n) is 15.7. The first kappa shape index (κ1) is 20.2. The van der Waals surface area contributed by atoms with E-state index in [1.165, 1.54) is 0 Å². The molecule has 0 heterocycles. The zero-order chi connectivity index (χ0) is 19.6. The smallest absolute Gasteiger partial charge is 0.407 e. The monoisotopic (exact) mass is 367 g/mol. The topological polar surface area (TPSA) is 91.2 Å². The van der Waals surface area contributed by atoms with Crippen molar-refractivity contribution in [3.8, 4) is 6.07 Å². The van der Waals surface area contributed by atoms with Crippen LogP contribution in [-0.2, 0) is 9.53 Å². The molecule has 2 aromatic rings. The number of hydrogen-bond acceptors (Lipinski definition) is 4. The summed E-state index contributed by atoms with van der Waals surface area (Å²) >= 11 is 0. The molecular formula is C21H25N3O3. The van der Waals surface area contributed by atoms with Crippen molar-refractivity contribution in [2.24, 2.45) is 5.92 Å². The highest BCUT2D eigenvalue weighted by molar-refractivity contribution is 5.88. The summed E-state index contributed by atoms with van der Waals surface area (Å²) < 4.78 is 5.11. The highest BCUT2D eigenvalue weighted by atomic mass is 16.5. The molecule has 6 heteroatoms. The van der Waals surface area contributed by atoms with Gasteiger partial charge in [-0.1, -0.05) is 56.3 Å². The van der Waals surface area contributed by atoms with Gasteiger partial charge in [-0.25, -0.2) is 4.79 Å². The quantitative estimate of drug-likeness (QED) is 0.700. The van der Waals surface area contributed by atoms with Gasteiger partial charge in [-0.3, -0.25) is 4.79 Å². The lowest BCUT2D eigenvalue weighted by Gasteiger charge is -2.18. The Morgan fingerprint density at radius 3 is 2.56 bits per heavy atom. The number of nitrogens with zero attached hydrogens (tertiary/aromatic N) is 1. The lowest BCUT2D eigenvalue weighted by molar-refractivity contribution is -0.122. The van der Waals surface area contributed by atoms with E-state index < -0.39 is 12.0 Å². The normalized spacial score (nSPS) is 11.6. The van der Waals surface area contributed by atoms with E-state index in [1.807, 2.05) is 62.4 Å². The fourth-order valence-corrected chi connectivity index (χ4v) is 2.63. The molecule has 2 rings (SSSR count). The highest BCUT2D eigenvalue weighted by Crippen LogP contribution is 2.22. The number of hydrogen-bond donors (Lipinski definition) is 2. The van der Waals surface area contributed by atoms with Gasteiger partial charge in [-0.15, -0.1) is 0 Å². The van der Waals surface area contributed by atoms with Gasteiger partial charge in [-0.05, 0) is 22.3 Å². The van der Waals surface area contributed by atoms with Crippen LogP contribution in [0.3, 0.4) is 0 Å². The molecule has 0 saturated heterocycles. The van der Waals surface area contributed by atoms with Gasteiger partial charge >= 0.3 is 6.09 Å². The number of benzene rings is 2. The average molecular weight is 367 g/mol. The molecule has 0 aliphatic rings. The van der Waals surface area contributed by atoms with E-state index in [-0.39, 0.29) is 31.3 Å². The molecule has 2 N–H and O–H groups in total. The minimum Gasteiger partial charge on any atom is -0.449 e. The minimum absolute atomic E-state index is 0.119. The van der Waals surface area contributed by atoms with Crippen molar-refractivity contribution in [1.82, 2.24) is 10.6 Å². The summed E-state index contributed by atoms with van der Waals surface area (Å²) in [6.45, 7) is 4.62. The summed E-state index contributed by atoms with van der Waals surface area (Å²) in [7, 11) is 0. The number of nitrogens with one attached hydrogen (secondary N) is 2. The van der Waals surface area contributed by atoms with Crippen molar-refractivity contribution in [1.29, 1.82) is 5.26 Å². The van der Waals surface area contributed by atoms with E-state index in [2.05, 4.69) is 10.6 Å². The van der Waals surface area contributed by atoms with Crippen LogP contribution in [0.15, 0.2) is 42.5 Å². The Morgan fingerprint density at radius 1 is 1.11 bits per heavy atom. The van der Waals surface area contributed by atoms with E-state index in [1.54, 1.807) is 0 Å². The standard InChI is InChI=1S/C21H25N3O3/c1-15(2)14-27-21(26)24-13-19(20(25)23-11-5-10-22)18-9-8-16-6-3-4-7-17(16)12-18/h3-4,6-9,12,15,19H,5,11,13-14H2,1-2H3,(H,23,25)(H,24,26). The van der Waals surface area contributed by atoms with E-state index in [0.717, 1.165) is 16.3 Å². The van der Waals surface area contributed by atoms with Gasteiger partial charge < -0.3 is 15.4 Å². The van der Waals surface area contributed by atoms with Crippen LogP contribution in [0.1, 0.15) is 31.7 Å². The number of ether oxygens (including phenoxy) is 1. The fourth-order valence-electron chi connectivity index (χ4n) is 2.63. The molecule has 0 radical (unpaired) electrons. The molecule has 0 fully saturated rings. The molecule has 2 amide bonds. The van der Waals surface area contributed by atoms with Crippen LogP contribution in [0.2, 0.25) is 0 Å². The molecule has 0 bridgehead atoms. The second kappa shape index (κ2) is 10.2. The molecule has 0 saturated carbocycles. The van der Waals surface area contributed by atoms with E-state index >= 15 is 0 Å². The second-order valence-electron chi connectivity index (χ2n) is 6.73. The number of carbonyl (C=O) groups excluding carboxylic acids is 2. The maximum atomic E-state index is 12.6. The molecular weight excluding hydrogens is 342 g/mol. The van der Waals surface area contributed by atoms with Gasteiger partial charge in [0.05, 0.1) is 25.0 Å². The molecule has 142 valence electrons. The van der Waals surface area contributed by atoms with Gasteiger partial charge in [0.25, 0.3) is 0 Å². The lowest BCUT2D eigenvalue weighted by Crippen LogP contribution is -2.38. The maximum absolute atomic E-state index is 12.6. The summed E-state index contributed by atoms with van der Waals surface area (Å²) in [6.07, 6.45) is -0.306. The highest BCUT2D eigenvalue weighted by Gasteiger charge is 2.22. The zero-order valence-corrected chi connectivity index (χ0v) is 15.7. The predicted octanol–water partition coefficient (Wildman–Crippen LogP) is 3.34. The van der Waals surface area contributed by atoms with Crippen molar-refractivity contribution >= 4 is 22.8 Å². The summed E-state index contributed by atoms with van der Waals surface area (Å²) in [5.41, 5.74) is 0.798. The van der Waals surface area contributed by atoms with Crippen LogP contribution in [-0.4, -0.2) is 31.7 Å². The Balaban J connectivity index is 2.14. The first-order valence-electron chi connectivity index (χ1n) is 9.05. The third kappa shape index (κ3) is 6.30. The van der Waals surface area contributed by atoms with Crippen molar-refractivity contribution in [2.75, 3.05) is 19.7 Å². The van der Waals surface area contributed by atoms with E-state index in [4.69, 9.17) is 10.00 Å². The largest absolute Gasteiger partial charge is 0.449 e. The predicted molar refractivity (Wildman–Crippen MR) is 104 cm³/mol. The molecule has 2 aromatic carbocycles. The Morgan fingerprint density at radius 2 is 1.85 bits per heavy atom. The molecule has 0 aliphatic heterocycles. The maximum Gasteiger partial charge on any atom is 0.407 e. The van der Waals surface area contributed by atoms with Crippen LogP contribution in [0, 0.1) is 17.2 Å². The summed E-state index contributed by atoms with van der Waals surface area (Å²) in [5.74, 6) is -0.564. The Labute approximate surface area is 159 Å². The fraction of sp³-hybridized carbons (Fsp3) is 0.381. The molecule has 27 heavy (non-hydrogen) atoms. The van der Waals surface area contributed by atoms with E-state index in [9.17, 15) is 9.59 Å².